The Labute approximate surface area is 114 Å². The molecule has 0 unspecified atom stereocenters. The van der Waals surface area contributed by atoms with Gasteiger partial charge in [0.15, 0.2) is 5.82 Å². The van der Waals surface area contributed by atoms with Gasteiger partial charge in [-0.15, -0.1) is 11.3 Å². The van der Waals surface area contributed by atoms with Crippen molar-refractivity contribution in [2.24, 2.45) is 0 Å². The number of rotatable bonds is 7. The Morgan fingerprint density at radius 1 is 1.58 bits per heavy atom. The number of aliphatic carboxylic acids is 1. The average molecular weight is 281 g/mol. The first-order chi connectivity index (χ1) is 9.15. The predicted molar refractivity (Wildman–Crippen MR) is 70.8 cm³/mol. The molecule has 0 fully saturated rings. The lowest BCUT2D eigenvalue weighted by atomic mass is 10.3. The Morgan fingerprint density at radius 3 is 3.11 bits per heavy atom. The van der Waals surface area contributed by atoms with Crippen LogP contribution in [0.5, 0.6) is 0 Å². The topological polar surface area (TPSA) is 79.5 Å². The van der Waals surface area contributed by atoms with Crippen LogP contribution < -0.4 is 0 Å². The van der Waals surface area contributed by atoms with Crippen LogP contribution in [0, 0.1) is 0 Å². The number of hydrogen-bond acceptors (Lipinski definition) is 6. The van der Waals surface area contributed by atoms with Gasteiger partial charge in [-0.3, -0.25) is 9.69 Å². The second kappa shape index (κ2) is 6.44. The molecule has 102 valence electrons. The van der Waals surface area contributed by atoms with Crippen LogP contribution >= 0.6 is 11.3 Å². The summed E-state index contributed by atoms with van der Waals surface area (Å²) in [5.41, 5.74) is 0. The molecule has 7 heteroatoms. The third-order valence-electron chi connectivity index (χ3n) is 2.54. The van der Waals surface area contributed by atoms with E-state index in [4.69, 9.17) is 9.63 Å². The van der Waals surface area contributed by atoms with Gasteiger partial charge in [-0.2, -0.15) is 4.98 Å². The number of carboxylic acid groups (broad SMARTS) is 1. The minimum Gasteiger partial charge on any atom is -0.481 e. The van der Waals surface area contributed by atoms with Crippen molar-refractivity contribution in [3.8, 4) is 10.8 Å². The highest BCUT2D eigenvalue weighted by atomic mass is 32.1. The molecule has 0 atom stereocenters. The van der Waals surface area contributed by atoms with Crippen molar-refractivity contribution in [2.45, 2.75) is 19.4 Å². The zero-order valence-corrected chi connectivity index (χ0v) is 11.4. The van der Waals surface area contributed by atoms with E-state index in [0.29, 0.717) is 31.2 Å². The normalized spacial score (nSPS) is 11.1. The van der Waals surface area contributed by atoms with Crippen LogP contribution in [0.3, 0.4) is 0 Å². The summed E-state index contributed by atoms with van der Waals surface area (Å²) in [4.78, 5) is 17.7. The van der Waals surface area contributed by atoms with E-state index in [-0.39, 0.29) is 6.42 Å². The summed E-state index contributed by atoms with van der Waals surface area (Å²) in [6.45, 7) is 1.24. The maximum atomic E-state index is 10.4. The van der Waals surface area contributed by atoms with Crippen LogP contribution in [0.4, 0.5) is 0 Å². The van der Waals surface area contributed by atoms with Crippen molar-refractivity contribution in [1.82, 2.24) is 15.0 Å². The molecule has 0 saturated carbocycles. The Hall–Kier alpha value is -1.73. The maximum Gasteiger partial charge on any atom is 0.303 e. The summed E-state index contributed by atoms with van der Waals surface area (Å²) in [6.07, 6.45) is 0.790. The van der Waals surface area contributed by atoms with Gasteiger partial charge in [-0.05, 0) is 31.5 Å². The SMILES string of the molecule is CN(CCCC(=O)O)Cc1noc(-c2cccs2)n1. The summed E-state index contributed by atoms with van der Waals surface area (Å²) in [7, 11) is 1.91. The average Bonchev–Trinajstić information content (AvgIpc) is 2.97. The number of carboxylic acids is 1. The molecule has 2 heterocycles. The number of aromatic nitrogens is 2. The lowest BCUT2D eigenvalue weighted by molar-refractivity contribution is -0.137. The third-order valence-corrected chi connectivity index (χ3v) is 3.40. The van der Waals surface area contributed by atoms with Gasteiger partial charge in [0.1, 0.15) is 0 Å². The van der Waals surface area contributed by atoms with Crippen LogP contribution in [0.1, 0.15) is 18.7 Å². The van der Waals surface area contributed by atoms with E-state index in [9.17, 15) is 4.79 Å². The second-order valence-electron chi connectivity index (χ2n) is 4.23. The van der Waals surface area contributed by atoms with Gasteiger partial charge in [0.05, 0.1) is 11.4 Å². The fourth-order valence-corrected chi connectivity index (χ4v) is 2.28. The molecule has 0 aliphatic heterocycles. The van der Waals surface area contributed by atoms with Crippen LogP contribution in [-0.2, 0) is 11.3 Å². The fourth-order valence-electron chi connectivity index (χ4n) is 1.64. The van der Waals surface area contributed by atoms with E-state index in [1.807, 2.05) is 29.5 Å². The van der Waals surface area contributed by atoms with Crippen molar-refractivity contribution in [3.05, 3.63) is 23.3 Å². The van der Waals surface area contributed by atoms with E-state index in [0.717, 1.165) is 4.88 Å². The fraction of sp³-hybridized carbons (Fsp3) is 0.417. The molecule has 0 aliphatic rings. The number of hydrogen-bond donors (Lipinski definition) is 1. The van der Waals surface area contributed by atoms with E-state index in [1.165, 1.54) is 0 Å². The molecule has 2 aromatic heterocycles. The first-order valence-electron chi connectivity index (χ1n) is 5.92. The van der Waals surface area contributed by atoms with E-state index < -0.39 is 5.97 Å². The maximum absolute atomic E-state index is 10.4. The molecule has 6 nitrogen and oxygen atoms in total. The number of carbonyl (C=O) groups is 1. The molecule has 1 N–H and O–H groups in total. The van der Waals surface area contributed by atoms with Gasteiger partial charge < -0.3 is 9.63 Å². The molecule has 0 saturated heterocycles. The molecule has 0 radical (unpaired) electrons. The summed E-state index contributed by atoms with van der Waals surface area (Å²) in [6, 6.07) is 3.86. The van der Waals surface area contributed by atoms with Crippen molar-refractivity contribution < 1.29 is 14.4 Å². The Morgan fingerprint density at radius 2 is 2.42 bits per heavy atom. The lowest BCUT2D eigenvalue weighted by Gasteiger charge is -2.12. The quantitative estimate of drug-likeness (QED) is 0.837. The molecular weight excluding hydrogens is 266 g/mol. The summed E-state index contributed by atoms with van der Waals surface area (Å²) < 4.78 is 5.18. The molecule has 2 rings (SSSR count). The smallest absolute Gasteiger partial charge is 0.303 e. The minimum absolute atomic E-state index is 0.178. The summed E-state index contributed by atoms with van der Waals surface area (Å²) in [5.74, 6) is 0.373. The first-order valence-corrected chi connectivity index (χ1v) is 6.80. The lowest BCUT2D eigenvalue weighted by Crippen LogP contribution is -2.20. The van der Waals surface area contributed by atoms with Gasteiger partial charge in [0, 0.05) is 6.42 Å². The highest BCUT2D eigenvalue weighted by molar-refractivity contribution is 7.13. The zero-order chi connectivity index (χ0) is 13.7. The van der Waals surface area contributed by atoms with Gasteiger partial charge >= 0.3 is 5.97 Å². The monoisotopic (exact) mass is 281 g/mol. The number of thiophene rings is 1. The minimum atomic E-state index is -0.770. The zero-order valence-electron chi connectivity index (χ0n) is 10.6. The van der Waals surface area contributed by atoms with Crippen molar-refractivity contribution >= 4 is 17.3 Å². The second-order valence-corrected chi connectivity index (χ2v) is 5.18. The Bertz CT molecular complexity index is 524. The van der Waals surface area contributed by atoms with Crippen LogP contribution in [0.25, 0.3) is 10.8 Å². The first kappa shape index (κ1) is 13.7. The largest absolute Gasteiger partial charge is 0.481 e. The third kappa shape index (κ3) is 4.15. The summed E-state index contributed by atoms with van der Waals surface area (Å²) >= 11 is 1.55. The molecule has 0 spiro atoms. The molecule has 0 amide bonds. The molecule has 19 heavy (non-hydrogen) atoms. The predicted octanol–water partition coefficient (Wildman–Crippen LogP) is 2.09. The molecule has 0 bridgehead atoms. The van der Waals surface area contributed by atoms with Gasteiger partial charge in [-0.25, -0.2) is 0 Å². The number of nitrogens with zero attached hydrogens (tertiary/aromatic N) is 3. The highest BCUT2D eigenvalue weighted by Crippen LogP contribution is 2.22. The standard InChI is InChI=1S/C12H15N3O3S/c1-15(6-2-5-11(16)17)8-10-13-12(18-14-10)9-4-3-7-19-9/h3-4,7H,2,5-6,8H2,1H3,(H,16,17). The molecule has 0 aliphatic carbocycles. The molecular formula is C12H15N3O3S. The van der Waals surface area contributed by atoms with E-state index >= 15 is 0 Å². The van der Waals surface area contributed by atoms with Crippen molar-refractivity contribution in [2.75, 3.05) is 13.6 Å². The van der Waals surface area contributed by atoms with E-state index in [2.05, 4.69) is 10.1 Å². The molecule has 0 aromatic carbocycles. The van der Waals surface area contributed by atoms with Crippen LogP contribution in [0.2, 0.25) is 0 Å². The van der Waals surface area contributed by atoms with Crippen molar-refractivity contribution in [3.63, 3.8) is 0 Å². The highest BCUT2D eigenvalue weighted by Gasteiger charge is 2.11. The van der Waals surface area contributed by atoms with Crippen molar-refractivity contribution in [1.29, 1.82) is 0 Å². The van der Waals surface area contributed by atoms with Gasteiger partial charge in [0.25, 0.3) is 5.89 Å². The van der Waals surface area contributed by atoms with Gasteiger partial charge in [-0.1, -0.05) is 11.2 Å². The van der Waals surface area contributed by atoms with Crippen LogP contribution in [0.15, 0.2) is 22.0 Å². The van der Waals surface area contributed by atoms with Crippen LogP contribution in [-0.4, -0.2) is 39.7 Å². The van der Waals surface area contributed by atoms with E-state index in [1.54, 1.807) is 11.3 Å². The summed E-state index contributed by atoms with van der Waals surface area (Å²) in [5, 5.41) is 14.4. The Kier molecular flexibility index (Phi) is 4.64. The van der Waals surface area contributed by atoms with Gasteiger partial charge in [0.2, 0.25) is 0 Å². The Balaban J connectivity index is 1.84. The molecule has 2 aromatic rings.